The second-order valence-electron chi connectivity index (χ2n) is 7.60. The lowest BCUT2D eigenvalue weighted by molar-refractivity contribution is 0.191. The van der Waals surface area contributed by atoms with Crippen molar-refractivity contribution < 1.29 is 9.53 Å². The minimum absolute atomic E-state index is 0.00960. The van der Waals surface area contributed by atoms with Crippen LogP contribution in [0.5, 0.6) is 5.75 Å². The summed E-state index contributed by atoms with van der Waals surface area (Å²) in [6.07, 6.45) is 0. The highest BCUT2D eigenvalue weighted by atomic mass is 16.5. The number of carbonyl (C=O) groups excluding carboxylic acids is 1. The van der Waals surface area contributed by atoms with Crippen molar-refractivity contribution in [3.63, 3.8) is 0 Å². The molecule has 1 aliphatic rings. The van der Waals surface area contributed by atoms with Crippen LogP contribution >= 0.6 is 0 Å². The number of carbonyl (C=O) groups is 1. The van der Waals surface area contributed by atoms with E-state index in [1.54, 1.807) is 0 Å². The van der Waals surface area contributed by atoms with E-state index in [0.717, 1.165) is 31.9 Å². The molecule has 5 heteroatoms. The van der Waals surface area contributed by atoms with Gasteiger partial charge in [-0.2, -0.15) is 0 Å². The lowest BCUT2D eigenvalue weighted by Gasteiger charge is -2.37. The molecule has 150 valence electrons. The molecule has 2 aromatic carbocycles. The number of aryl methyl sites for hydroxylation is 3. The molecule has 0 atom stereocenters. The van der Waals surface area contributed by atoms with Crippen LogP contribution in [0.25, 0.3) is 0 Å². The van der Waals surface area contributed by atoms with Gasteiger partial charge in [-0.3, -0.25) is 0 Å². The standard InChI is InChI=1S/C23H31N3O2/c1-17-14-18(2)16-21(15-17)28-13-8-24-23(27)26-11-9-25(10-12-26)22-7-5-6-19(3)20(22)4/h5-7,14-16H,8-13H2,1-4H3,(H,24,27). The zero-order valence-corrected chi connectivity index (χ0v) is 17.4. The van der Waals surface area contributed by atoms with Crippen molar-refractivity contribution in [2.75, 3.05) is 44.2 Å². The van der Waals surface area contributed by atoms with Crippen molar-refractivity contribution in [1.29, 1.82) is 0 Å². The third-order valence-electron chi connectivity index (χ3n) is 5.33. The van der Waals surface area contributed by atoms with Gasteiger partial charge in [-0.1, -0.05) is 18.2 Å². The number of nitrogens with one attached hydrogen (secondary N) is 1. The first kappa shape index (κ1) is 20.1. The Balaban J connectivity index is 1.42. The fourth-order valence-electron chi connectivity index (χ4n) is 3.68. The highest BCUT2D eigenvalue weighted by molar-refractivity contribution is 5.74. The third-order valence-corrected chi connectivity index (χ3v) is 5.33. The van der Waals surface area contributed by atoms with Crippen LogP contribution in [-0.4, -0.2) is 50.3 Å². The van der Waals surface area contributed by atoms with Crippen LogP contribution in [-0.2, 0) is 0 Å². The van der Waals surface area contributed by atoms with Gasteiger partial charge in [0.15, 0.2) is 0 Å². The Morgan fingerprint density at radius 2 is 1.68 bits per heavy atom. The van der Waals surface area contributed by atoms with Crippen molar-refractivity contribution in [3.8, 4) is 5.75 Å². The molecule has 0 unspecified atom stereocenters. The van der Waals surface area contributed by atoms with Crippen LogP contribution in [0.15, 0.2) is 36.4 Å². The fraction of sp³-hybridized carbons (Fsp3) is 0.435. The highest BCUT2D eigenvalue weighted by Gasteiger charge is 2.22. The van der Waals surface area contributed by atoms with Crippen LogP contribution in [0.1, 0.15) is 22.3 Å². The summed E-state index contributed by atoms with van der Waals surface area (Å²) in [5.41, 5.74) is 6.27. The van der Waals surface area contributed by atoms with Crippen molar-refractivity contribution in [1.82, 2.24) is 10.2 Å². The summed E-state index contributed by atoms with van der Waals surface area (Å²) in [5, 5.41) is 2.97. The molecule has 0 radical (unpaired) electrons. The molecule has 1 saturated heterocycles. The van der Waals surface area contributed by atoms with Crippen LogP contribution in [0.4, 0.5) is 10.5 Å². The second-order valence-corrected chi connectivity index (χ2v) is 7.60. The minimum atomic E-state index is -0.00960. The molecule has 0 bridgehead atoms. The monoisotopic (exact) mass is 381 g/mol. The SMILES string of the molecule is Cc1cc(C)cc(OCCNC(=O)N2CCN(c3cccc(C)c3C)CC2)c1. The van der Waals surface area contributed by atoms with Gasteiger partial charge in [-0.25, -0.2) is 4.79 Å². The van der Waals surface area contributed by atoms with E-state index in [1.165, 1.54) is 27.9 Å². The summed E-state index contributed by atoms with van der Waals surface area (Å²) in [4.78, 5) is 16.7. The summed E-state index contributed by atoms with van der Waals surface area (Å²) in [6.45, 7) is 12.6. The average Bonchev–Trinajstić information content (AvgIpc) is 2.67. The molecule has 1 N–H and O–H groups in total. The van der Waals surface area contributed by atoms with E-state index in [-0.39, 0.29) is 6.03 Å². The Bertz CT molecular complexity index is 806. The number of ether oxygens (including phenoxy) is 1. The Morgan fingerprint density at radius 1 is 1.00 bits per heavy atom. The molecule has 3 rings (SSSR count). The number of rotatable bonds is 5. The predicted octanol–water partition coefficient (Wildman–Crippen LogP) is 3.83. The third kappa shape index (κ3) is 4.97. The van der Waals surface area contributed by atoms with Crippen molar-refractivity contribution in [2.45, 2.75) is 27.7 Å². The van der Waals surface area contributed by atoms with E-state index < -0.39 is 0 Å². The van der Waals surface area contributed by atoms with Crippen molar-refractivity contribution >= 4 is 11.7 Å². The summed E-state index contributed by atoms with van der Waals surface area (Å²) in [7, 11) is 0. The number of piperazine rings is 1. The summed E-state index contributed by atoms with van der Waals surface area (Å²) < 4.78 is 5.76. The lowest BCUT2D eigenvalue weighted by atomic mass is 10.1. The molecule has 28 heavy (non-hydrogen) atoms. The van der Waals surface area contributed by atoms with Crippen molar-refractivity contribution in [3.05, 3.63) is 58.7 Å². The molecule has 0 aromatic heterocycles. The molecule has 5 nitrogen and oxygen atoms in total. The van der Waals surface area contributed by atoms with Gasteiger partial charge >= 0.3 is 6.03 Å². The molecule has 1 heterocycles. The van der Waals surface area contributed by atoms with E-state index in [4.69, 9.17) is 4.74 Å². The van der Waals surface area contributed by atoms with Gasteiger partial charge in [0.1, 0.15) is 12.4 Å². The fourth-order valence-corrected chi connectivity index (χ4v) is 3.68. The lowest BCUT2D eigenvalue weighted by Crippen LogP contribution is -2.52. The van der Waals surface area contributed by atoms with Gasteiger partial charge in [0, 0.05) is 31.9 Å². The normalized spacial score (nSPS) is 14.1. The molecular formula is C23H31N3O2. The molecule has 2 amide bonds. The second kappa shape index (κ2) is 9.00. The molecule has 1 fully saturated rings. The molecule has 0 aliphatic carbocycles. The number of hydrogen-bond donors (Lipinski definition) is 1. The minimum Gasteiger partial charge on any atom is -0.492 e. The Morgan fingerprint density at radius 3 is 2.36 bits per heavy atom. The summed E-state index contributed by atoms with van der Waals surface area (Å²) >= 11 is 0. The Kier molecular flexibility index (Phi) is 6.45. The van der Waals surface area contributed by atoms with Gasteiger partial charge in [-0.05, 0) is 68.1 Å². The molecule has 0 spiro atoms. The zero-order valence-electron chi connectivity index (χ0n) is 17.4. The van der Waals surface area contributed by atoms with Crippen LogP contribution < -0.4 is 15.0 Å². The van der Waals surface area contributed by atoms with E-state index in [1.807, 2.05) is 17.0 Å². The van der Waals surface area contributed by atoms with Gasteiger partial charge in [-0.15, -0.1) is 0 Å². The van der Waals surface area contributed by atoms with Gasteiger partial charge in [0.2, 0.25) is 0 Å². The largest absolute Gasteiger partial charge is 0.492 e. The maximum atomic E-state index is 12.4. The van der Waals surface area contributed by atoms with E-state index in [2.05, 4.69) is 62.2 Å². The smallest absolute Gasteiger partial charge is 0.317 e. The van der Waals surface area contributed by atoms with Crippen molar-refractivity contribution in [2.24, 2.45) is 0 Å². The number of hydrogen-bond acceptors (Lipinski definition) is 3. The molecule has 0 saturated carbocycles. The average molecular weight is 382 g/mol. The number of urea groups is 1. The maximum Gasteiger partial charge on any atom is 0.317 e. The van der Waals surface area contributed by atoms with Crippen LogP contribution in [0.3, 0.4) is 0 Å². The molecule has 1 aliphatic heterocycles. The van der Waals surface area contributed by atoms with E-state index in [0.29, 0.717) is 13.2 Å². The first-order valence-electron chi connectivity index (χ1n) is 9.99. The van der Waals surface area contributed by atoms with Gasteiger partial charge in [0.05, 0.1) is 6.54 Å². The molecular weight excluding hydrogens is 350 g/mol. The number of nitrogens with zero attached hydrogens (tertiary/aromatic N) is 2. The van der Waals surface area contributed by atoms with Gasteiger partial charge < -0.3 is 19.9 Å². The number of anilines is 1. The van der Waals surface area contributed by atoms with Crippen LogP contribution in [0, 0.1) is 27.7 Å². The first-order valence-corrected chi connectivity index (χ1v) is 9.99. The first-order chi connectivity index (χ1) is 13.4. The predicted molar refractivity (Wildman–Crippen MR) is 115 cm³/mol. The number of benzene rings is 2. The van der Waals surface area contributed by atoms with Gasteiger partial charge in [0.25, 0.3) is 0 Å². The van der Waals surface area contributed by atoms with Crippen LogP contribution in [0.2, 0.25) is 0 Å². The summed E-state index contributed by atoms with van der Waals surface area (Å²) in [5.74, 6) is 0.855. The Hall–Kier alpha value is -2.69. The highest BCUT2D eigenvalue weighted by Crippen LogP contribution is 2.23. The van der Waals surface area contributed by atoms with E-state index in [9.17, 15) is 4.79 Å². The Labute approximate surface area is 168 Å². The van der Waals surface area contributed by atoms with E-state index >= 15 is 0 Å². The molecule has 2 aromatic rings. The maximum absolute atomic E-state index is 12.4. The summed E-state index contributed by atoms with van der Waals surface area (Å²) in [6, 6.07) is 12.6. The zero-order chi connectivity index (χ0) is 20.1. The topological polar surface area (TPSA) is 44.8 Å². The quantitative estimate of drug-likeness (QED) is 0.801. The number of amides is 2.